The van der Waals surface area contributed by atoms with Crippen molar-refractivity contribution in [2.24, 2.45) is 0 Å². The third-order valence-electron chi connectivity index (χ3n) is 3.44. The smallest absolute Gasteiger partial charge is 0.243 e. The van der Waals surface area contributed by atoms with Crippen LogP contribution in [0.2, 0.25) is 5.28 Å². The van der Waals surface area contributed by atoms with Crippen molar-refractivity contribution in [3.8, 4) is 0 Å². The predicted molar refractivity (Wildman–Crippen MR) is 90.6 cm³/mol. The normalized spacial score (nSPS) is 12.7. The van der Waals surface area contributed by atoms with Crippen LogP contribution in [0.15, 0.2) is 33.5 Å². The number of anilines is 1. The Morgan fingerprint density at radius 1 is 1.52 bits per heavy atom. The fourth-order valence-corrected chi connectivity index (χ4v) is 3.04. The summed E-state index contributed by atoms with van der Waals surface area (Å²) < 4.78 is 20.8. The van der Waals surface area contributed by atoms with Crippen LogP contribution in [0.1, 0.15) is 24.7 Å². The molecule has 3 aromatic heterocycles. The second kappa shape index (κ2) is 6.88. The Hall–Kier alpha value is -1.60. The molecule has 5 nitrogen and oxygen atoms in total. The quantitative estimate of drug-likeness (QED) is 0.654. The molecule has 0 saturated carbocycles. The Bertz CT molecular complexity index is 804. The number of hydrogen-bond acceptors (Lipinski definition) is 4. The third-order valence-corrected chi connectivity index (χ3v) is 4.45. The Kier molecular flexibility index (Phi) is 4.87. The maximum absolute atomic E-state index is 13.1. The van der Waals surface area contributed by atoms with E-state index >= 15 is 0 Å². The average molecular weight is 402 g/mol. The zero-order valence-corrected chi connectivity index (χ0v) is 14.7. The minimum Gasteiger partial charge on any atom is -0.467 e. The Morgan fingerprint density at radius 2 is 2.35 bits per heavy atom. The van der Waals surface area contributed by atoms with Crippen molar-refractivity contribution in [3.05, 3.63) is 45.7 Å². The van der Waals surface area contributed by atoms with Crippen LogP contribution < -0.4 is 5.32 Å². The maximum atomic E-state index is 13.1. The van der Waals surface area contributed by atoms with Crippen molar-refractivity contribution in [1.82, 2.24) is 14.6 Å². The molecule has 1 unspecified atom stereocenters. The van der Waals surface area contributed by atoms with Gasteiger partial charge in [-0.3, -0.25) is 0 Å². The van der Waals surface area contributed by atoms with Gasteiger partial charge in [-0.05, 0) is 71.1 Å². The molecule has 3 rings (SSSR count). The van der Waals surface area contributed by atoms with E-state index in [9.17, 15) is 4.39 Å². The zero-order valence-electron chi connectivity index (χ0n) is 12.4. The Balaban J connectivity index is 1.92. The van der Waals surface area contributed by atoms with E-state index in [2.05, 4.69) is 31.3 Å². The van der Waals surface area contributed by atoms with Gasteiger partial charge in [0.1, 0.15) is 15.9 Å². The van der Waals surface area contributed by atoms with Gasteiger partial charge < -0.3 is 9.73 Å². The second-order valence-corrected chi connectivity index (χ2v) is 6.33. The van der Waals surface area contributed by atoms with Gasteiger partial charge in [-0.15, -0.1) is 5.10 Å². The van der Waals surface area contributed by atoms with Crippen LogP contribution in [-0.2, 0) is 13.0 Å². The first-order valence-corrected chi connectivity index (χ1v) is 8.35. The lowest BCUT2D eigenvalue weighted by molar-refractivity contribution is 0.341. The molecule has 0 aliphatic rings. The molecule has 0 bridgehead atoms. The number of fused-ring (bicyclic) bond motifs is 1. The monoisotopic (exact) mass is 400 g/mol. The van der Waals surface area contributed by atoms with E-state index < -0.39 is 6.17 Å². The highest BCUT2D eigenvalue weighted by Gasteiger charge is 2.15. The van der Waals surface area contributed by atoms with Crippen LogP contribution in [-0.4, -0.2) is 20.8 Å². The van der Waals surface area contributed by atoms with Crippen LogP contribution >= 0.6 is 27.5 Å². The zero-order chi connectivity index (χ0) is 16.4. The molecule has 0 saturated heterocycles. The van der Waals surface area contributed by atoms with Crippen molar-refractivity contribution in [3.63, 3.8) is 0 Å². The SMILES string of the molecule is CC(F)CCc1cc2c(NCc3ccco3)nc(Cl)nn2c1Br. The summed E-state index contributed by atoms with van der Waals surface area (Å²) in [5, 5.41) is 7.51. The van der Waals surface area contributed by atoms with Crippen LogP contribution in [0.4, 0.5) is 10.2 Å². The molecule has 122 valence electrons. The molecular formula is C15H15BrClFN4O. The van der Waals surface area contributed by atoms with E-state index in [1.54, 1.807) is 17.7 Å². The molecule has 0 spiro atoms. The summed E-state index contributed by atoms with van der Waals surface area (Å²) in [4.78, 5) is 4.24. The van der Waals surface area contributed by atoms with E-state index in [4.69, 9.17) is 16.0 Å². The van der Waals surface area contributed by atoms with Crippen molar-refractivity contribution >= 4 is 38.9 Å². The van der Waals surface area contributed by atoms with Gasteiger partial charge in [0.15, 0.2) is 5.82 Å². The van der Waals surface area contributed by atoms with Crippen LogP contribution in [0, 0.1) is 0 Å². The maximum Gasteiger partial charge on any atom is 0.243 e. The van der Waals surface area contributed by atoms with Crippen molar-refractivity contribution in [1.29, 1.82) is 0 Å². The van der Waals surface area contributed by atoms with Gasteiger partial charge in [-0.25, -0.2) is 8.91 Å². The van der Waals surface area contributed by atoms with Crippen LogP contribution in [0.25, 0.3) is 5.52 Å². The molecule has 0 aliphatic carbocycles. The number of furan rings is 1. The number of aryl methyl sites for hydroxylation is 1. The highest BCUT2D eigenvalue weighted by atomic mass is 79.9. The molecule has 1 N–H and O–H groups in total. The van der Waals surface area contributed by atoms with Gasteiger partial charge in [0.2, 0.25) is 5.28 Å². The lowest BCUT2D eigenvalue weighted by Crippen LogP contribution is -2.05. The second-order valence-electron chi connectivity index (χ2n) is 5.24. The van der Waals surface area contributed by atoms with E-state index in [-0.39, 0.29) is 5.28 Å². The minimum atomic E-state index is -0.851. The van der Waals surface area contributed by atoms with Crippen LogP contribution in [0.5, 0.6) is 0 Å². The van der Waals surface area contributed by atoms with Crippen molar-refractivity contribution < 1.29 is 8.81 Å². The van der Waals surface area contributed by atoms with Gasteiger partial charge in [0.05, 0.1) is 19.0 Å². The molecule has 23 heavy (non-hydrogen) atoms. The number of nitrogens with zero attached hydrogens (tertiary/aromatic N) is 3. The number of aromatic nitrogens is 3. The van der Waals surface area contributed by atoms with Gasteiger partial charge >= 0.3 is 0 Å². The van der Waals surface area contributed by atoms with E-state index in [0.29, 0.717) is 25.2 Å². The fraction of sp³-hybridized carbons (Fsp3) is 0.333. The molecule has 0 aromatic carbocycles. The van der Waals surface area contributed by atoms with E-state index in [1.165, 1.54) is 0 Å². The number of alkyl halides is 1. The first-order valence-electron chi connectivity index (χ1n) is 7.18. The number of nitrogens with one attached hydrogen (secondary N) is 1. The summed E-state index contributed by atoms with van der Waals surface area (Å²) in [7, 11) is 0. The summed E-state index contributed by atoms with van der Waals surface area (Å²) in [6.07, 6.45) is 1.82. The molecule has 0 aliphatic heterocycles. The summed E-state index contributed by atoms with van der Waals surface area (Å²) in [6.45, 7) is 2.03. The number of halogens is 3. The van der Waals surface area contributed by atoms with Crippen molar-refractivity contribution in [2.75, 3.05) is 5.32 Å². The van der Waals surface area contributed by atoms with E-state index in [0.717, 1.165) is 21.4 Å². The lowest BCUT2D eigenvalue weighted by atomic mass is 10.1. The average Bonchev–Trinajstić information content (AvgIpc) is 3.12. The van der Waals surface area contributed by atoms with Crippen molar-refractivity contribution in [2.45, 2.75) is 32.5 Å². The van der Waals surface area contributed by atoms with Gasteiger partial charge in [0, 0.05) is 0 Å². The predicted octanol–water partition coefficient (Wildman–Crippen LogP) is 4.64. The third kappa shape index (κ3) is 3.67. The number of rotatable bonds is 6. The summed E-state index contributed by atoms with van der Waals surface area (Å²) in [5.74, 6) is 1.39. The standard InChI is InChI=1S/C15H15BrClFN4O/c1-9(18)4-5-10-7-12-14(19-8-11-3-2-6-23-11)20-15(17)21-22(12)13(10)16/h2-3,6-7,9H,4-5,8H2,1H3,(H,19,20,21). The van der Waals surface area contributed by atoms with Gasteiger partial charge in [-0.1, -0.05) is 0 Å². The highest BCUT2D eigenvalue weighted by Crippen LogP contribution is 2.28. The summed E-state index contributed by atoms with van der Waals surface area (Å²) in [6, 6.07) is 5.63. The molecule has 1 atom stereocenters. The fourth-order valence-electron chi connectivity index (χ4n) is 2.29. The minimum absolute atomic E-state index is 0.126. The summed E-state index contributed by atoms with van der Waals surface area (Å²) >= 11 is 9.51. The largest absolute Gasteiger partial charge is 0.467 e. The Labute approximate surface area is 146 Å². The lowest BCUT2D eigenvalue weighted by Gasteiger charge is -2.06. The Morgan fingerprint density at radius 3 is 3.04 bits per heavy atom. The molecule has 0 radical (unpaired) electrons. The van der Waals surface area contributed by atoms with Crippen LogP contribution in [0.3, 0.4) is 0 Å². The molecule has 8 heteroatoms. The molecule has 0 amide bonds. The van der Waals surface area contributed by atoms with E-state index in [1.807, 2.05) is 18.2 Å². The molecule has 3 aromatic rings. The molecule has 0 fully saturated rings. The first kappa shape index (κ1) is 16.3. The molecular weight excluding hydrogens is 387 g/mol. The van der Waals surface area contributed by atoms with Gasteiger partial charge in [0.25, 0.3) is 0 Å². The molecule has 3 heterocycles. The number of hydrogen-bond donors (Lipinski definition) is 1. The summed E-state index contributed by atoms with van der Waals surface area (Å²) in [5.41, 5.74) is 1.74. The highest BCUT2D eigenvalue weighted by molar-refractivity contribution is 9.10. The van der Waals surface area contributed by atoms with Gasteiger partial charge in [-0.2, -0.15) is 4.98 Å². The topological polar surface area (TPSA) is 55.4 Å². The first-order chi connectivity index (χ1) is 11.0.